The Morgan fingerprint density at radius 2 is 2.07 bits per heavy atom. The number of hydrogen-bond acceptors (Lipinski definition) is 8. The van der Waals surface area contributed by atoms with Gasteiger partial charge in [-0.25, -0.2) is 4.98 Å². The number of methoxy groups -OCH3 is 1. The van der Waals surface area contributed by atoms with E-state index in [2.05, 4.69) is 9.97 Å². The second kappa shape index (κ2) is 8.55. The Balaban J connectivity index is 1.61. The lowest BCUT2D eigenvalue weighted by molar-refractivity contribution is -0.145. The molecule has 0 bridgehead atoms. The number of hydrogen-bond donors (Lipinski definition) is 2. The Morgan fingerprint density at radius 3 is 2.82 bits per heavy atom. The average molecular weight is 385 g/mol. The number of nitrogens with zero attached hydrogens (tertiary/aromatic N) is 3. The fourth-order valence-corrected chi connectivity index (χ4v) is 3.12. The summed E-state index contributed by atoms with van der Waals surface area (Å²) in [4.78, 5) is 33.3. The molecule has 2 aromatic rings. The minimum Gasteiger partial charge on any atom is -0.488 e. The first kappa shape index (κ1) is 19.4. The Hall–Kier alpha value is -3.36. The van der Waals surface area contributed by atoms with Gasteiger partial charge in [-0.3, -0.25) is 9.59 Å². The van der Waals surface area contributed by atoms with Crippen LogP contribution in [0, 0.1) is 5.92 Å². The minimum absolute atomic E-state index is 0.0411. The van der Waals surface area contributed by atoms with E-state index in [0.29, 0.717) is 30.8 Å². The van der Waals surface area contributed by atoms with E-state index in [4.69, 9.17) is 20.9 Å². The number of likely N-dealkylation sites (tertiary alicyclic amines) is 1. The SMILES string of the molecule is COC(=O)C1CC(=O)N(CCc2ccccc2OCc2cnc(N)nc2N)C1. The van der Waals surface area contributed by atoms with E-state index >= 15 is 0 Å². The van der Waals surface area contributed by atoms with E-state index in [0.717, 1.165) is 5.56 Å². The van der Waals surface area contributed by atoms with Crippen molar-refractivity contribution in [2.75, 3.05) is 31.7 Å². The zero-order chi connectivity index (χ0) is 20.1. The standard InChI is InChI=1S/C19H23N5O4/c1-27-18(26)13-8-16(25)24(10-13)7-6-12-4-2-3-5-15(12)28-11-14-9-22-19(21)23-17(14)20/h2-5,9,13H,6-8,10-11H2,1H3,(H4,20,21,22,23). The molecule has 28 heavy (non-hydrogen) atoms. The van der Waals surface area contributed by atoms with E-state index in [9.17, 15) is 9.59 Å². The lowest BCUT2D eigenvalue weighted by Gasteiger charge is -2.18. The van der Waals surface area contributed by atoms with Crippen LogP contribution in [0.2, 0.25) is 0 Å². The van der Waals surface area contributed by atoms with Crippen LogP contribution in [0.15, 0.2) is 30.5 Å². The molecule has 3 rings (SSSR count). The topological polar surface area (TPSA) is 134 Å². The fraction of sp³-hybridized carbons (Fsp3) is 0.368. The smallest absolute Gasteiger partial charge is 0.310 e. The van der Waals surface area contributed by atoms with Crippen LogP contribution in [-0.4, -0.2) is 46.9 Å². The number of ether oxygens (including phenoxy) is 2. The number of esters is 1. The quantitative estimate of drug-likeness (QED) is 0.668. The molecule has 9 heteroatoms. The van der Waals surface area contributed by atoms with Crippen molar-refractivity contribution in [3.63, 3.8) is 0 Å². The molecule has 1 aromatic carbocycles. The molecule has 1 atom stereocenters. The number of nitrogens with two attached hydrogens (primary N) is 2. The van der Waals surface area contributed by atoms with Crippen molar-refractivity contribution in [2.45, 2.75) is 19.4 Å². The molecule has 148 valence electrons. The van der Waals surface area contributed by atoms with Gasteiger partial charge in [-0.2, -0.15) is 4.98 Å². The number of nitrogen functional groups attached to an aromatic ring is 2. The van der Waals surface area contributed by atoms with E-state index < -0.39 is 5.92 Å². The summed E-state index contributed by atoms with van der Waals surface area (Å²) < 4.78 is 10.6. The van der Waals surface area contributed by atoms with Crippen molar-refractivity contribution in [3.05, 3.63) is 41.6 Å². The van der Waals surface area contributed by atoms with Crippen LogP contribution >= 0.6 is 0 Å². The van der Waals surface area contributed by atoms with Crippen LogP contribution in [0.4, 0.5) is 11.8 Å². The zero-order valence-corrected chi connectivity index (χ0v) is 15.6. The highest BCUT2D eigenvalue weighted by Crippen LogP contribution is 2.23. The summed E-state index contributed by atoms with van der Waals surface area (Å²) in [7, 11) is 1.34. The van der Waals surface area contributed by atoms with Gasteiger partial charge in [0.2, 0.25) is 11.9 Å². The lowest BCUT2D eigenvalue weighted by Crippen LogP contribution is -2.28. The first-order valence-corrected chi connectivity index (χ1v) is 8.91. The lowest BCUT2D eigenvalue weighted by atomic mass is 10.1. The second-order valence-corrected chi connectivity index (χ2v) is 6.55. The van der Waals surface area contributed by atoms with Crippen molar-refractivity contribution in [2.24, 2.45) is 5.92 Å². The molecule has 0 spiro atoms. The van der Waals surface area contributed by atoms with Gasteiger partial charge in [-0.1, -0.05) is 18.2 Å². The summed E-state index contributed by atoms with van der Waals surface area (Å²) in [5.41, 5.74) is 12.9. The Kier molecular flexibility index (Phi) is 5.93. The molecular weight excluding hydrogens is 362 g/mol. The van der Waals surface area contributed by atoms with Crippen molar-refractivity contribution in [1.29, 1.82) is 0 Å². The zero-order valence-electron chi connectivity index (χ0n) is 15.6. The summed E-state index contributed by atoms with van der Waals surface area (Å²) in [6.45, 7) is 1.09. The third kappa shape index (κ3) is 4.48. The number of para-hydroxylation sites is 1. The number of benzene rings is 1. The van der Waals surface area contributed by atoms with Gasteiger partial charge >= 0.3 is 5.97 Å². The van der Waals surface area contributed by atoms with E-state index in [-0.39, 0.29) is 36.7 Å². The van der Waals surface area contributed by atoms with Crippen LogP contribution in [0.1, 0.15) is 17.5 Å². The summed E-state index contributed by atoms with van der Waals surface area (Å²) in [6.07, 6.45) is 2.33. The maximum atomic E-state index is 12.1. The van der Waals surface area contributed by atoms with Gasteiger partial charge in [-0.05, 0) is 18.1 Å². The van der Waals surface area contributed by atoms with Crippen molar-refractivity contribution in [1.82, 2.24) is 14.9 Å². The highest BCUT2D eigenvalue weighted by molar-refractivity contribution is 5.86. The third-order valence-corrected chi connectivity index (χ3v) is 4.67. The molecule has 1 fully saturated rings. The number of amides is 1. The molecule has 9 nitrogen and oxygen atoms in total. The normalized spacial score (nSPS) is 16.2. The van der Waals surface area contributed by atoms with Gasteiger partial charge in [0.05, 0.1) is 18.6 Å². The van der Waals surface area contributed by atoms with E-state index in [1.165, 1.54) is 13.3 Å². The van der Waals surface area contributed by atoms with Gasteiger partial charge in [0.25, 0.3) is 0 Å². The van der Waals surface area contributed by atoms with E-state index in [1.54, 1.807) is 4.90 Å². The predicted molar refractivity (Wildman–Crippen MR) is 102 cm³/mol. The summed E-state index contributed by atoms with van der Waals surface area (Å²) in [5, 5.41) is 0. The van der Waals surface area contributed by atoms with Crippen LogP contribution in [0.3, 0.4) is 0 Å². The number of rotatable bonds is 7. The van der Waals surface area contributed by atoms with Crippen LogP contribution in [0.25, 0.3) is 0 Å². The van der Waals surface area contributed by atoms with Crippen molar-refractivity contribution >= 4 is 23.6 Å². The largest absolute Gasteiger partial charge is 0.488 e. The second-order valence-electron chi connectivity index (χ2n) is 6.55. The number of aromatic nitrogens is 2. The summed E-state index contributed by atoms with van der Waals surface area (Å²) in [6, 6.07) is 7.57. The Bertz CT molecular complexity index is 873. The third-order valence-electron chi connectivity index (χ3n) is 4.67. The van der Waals surface area contributed by atoms with Crippen molar-refractivity contribution < 1.29 is 19.1 Å². The molecule has 1 amide bonds. The molecule has 2 heterocycles. The average Bonchev–Trinajstić information content (AvgIpc) is 3.06. The van der Waals surface area contributed by atoms with E-state index in [1.807, 2.05) is 24.3 Å². The summed E-state index contributed by atoms with van der Waals surface area (Å²) in [5.74, 6) is 0.305. The van der Waals surface area contributed by atoms with Crippen molar-refractivity contribution in [3.8, 4) is 5.75 Å². The van der Waals surface area contributed by atoms with Gasteiger partial charge < -0.3 is 25.8 Å². The van der Waals surface area contributed by atoms with Crippen LogP contribution < -0.4 is 16.2 Å². The van der Waals surface area contributed by atoms with Gasteiger partial charge in [-0.15, -0.1) is 0 Å². The number of anilines is 2. The highest BCUT2D eigenvalue weighted by atomic mass is 16.5. The molecule has 1 aromatic heterocycles. The molecule has 1 aliphatic heterocycles. The molecule has 0 saturated carbocycles. The molecule has 1 saturated heterocycles. The number of carbonyl (C=O) groups excluding carboxylic acids is 2. The monoisotopic (exact) mass is 385 g/mol. The Morgan fingerprint density at radius 1 is 1.29 bits per heavy atom. The van der Waals surface area contributed by atoms with Gasteiger partial charge in [0.15, 0.2) is 0 Å². The first-order chi connectivity index (χ1) is 13.5. The minimum atomic E-state index is -0.391. The highest BCUT2D eigenvalue weighted by Gasteiger charge is 2.34. The maximum absolute atomic E-state index is 12.1. The molecule has 1 unspecified atom stereocenters. The maximum Gasteiger partial charge on any atom is 0.310 e. The molecule has 1 aliphatic rings. The molecule has 4 N–H and O–H groups in total. The molecule has 0 aliphatic carbocycles. The molecule has 0 radical (unpaired) electrons. The molecular formula is C19H23N5O4. The van der Waals surface area contributed by atoms with Crippen LogP contribution in [0.5, 0.6) is 5.75 Å². The predicted octanol–water partition coefficient (Wildman–Crippen LogP) is 0.784. The van der Waals surface area contributed by atoms with Gasteiger partial charge in [0.1, 0.15) is 18.2 Å². The fourth-order valence-electron chi connectivity index (χ4n) is 3.12. The Labute approximate surface area is 162 Å². The summed E-state index contributed by atoms with van der Waals surface area (Å²) >= 11 is 0. The van der Waals surface area contributed by atoms with Crippen LogP contribution in [-0.2, 0) is 27.4 Å². The van der Waals surface area contributed by atoms with Gasteiger partial charge in [0, 0.05) is 25.7 Å². The first-order valence-electron chi connectivity index (χ1n) is 8.91. The number of carbonyl (C=O) groups is 2.